The molecule has 1 aromatic rings. The molecule has 2 rings (SSSR count). The topological polar surface area (TPSA) is 49.9 Å². The van der Waals surface area contributed by atoms with Crippen molar-refractivity contribution < 1.29 is 14.3 Å². The average Bonchev–Trinajstić information content (AvgIpc) is 2.80. The van der Waals surface area contributed by atoms with Gasteiger partial charge in [-0.3, -0.25) is 9.59 Å². The third kappa shape index (κ3) is 3.10. The van der Waals surface area contributed by atoms with Crippen LogP contribution in [0, 0.1) is 5.92 Å². The Labute approximate surface area is 119 Å². The second kappa shape index (κ2) is 5.94. The second-order valence-electron chi connectivity index (χ2n) is 5.26. The van der Waals surface area contributed by atoms with Crippen LogP contribution in [-0.4, -0.2) is 49.4 Å². The first-order valence-corrected chi connectivity index (χ1v) is 6.63. The summed E-state index contributed by atoms with van der Waals surface area (Å²) < 4.78 is 5.10. The molecule has 0 bridgehead atoms. The van der Waals surface area contributed by atoms with Gasteiger partial charge in [-0.05, 0) is 17.7 Å². The smallest absolute Gasteiger partial charge is 0.227 e. The molecule has 108 valence electrons. The molecule has 1 saturated heterocycles. The predicted octanol–water partition coefficient (Wildman–Crippen LogP) is 1.13. The van der Waals surface area contributed by atoms with Gasteiger partial charge in [0.25, 0.3) is 0 Å². The minimum atomic E-state index is -0.212. The summed E-state index contributed by atoms with van der Waals surface area (Å²) in [6, 6.07) is 7.62. The summed E-state index contributed by atoms with van der Waals surface area (Å²) in [6.07, 6.45) is 0.313. The summed E-state index contributed by atoms with van der Waals surface area (Å²) in [5.41, 5.74) is 1.04. The number of hydrogen-bond acceptors (Lipinski definition) is 3. The molecule has 1 aromatic carbocycles. The summed E-state index contributed by atoms with van der Waals surface area (Å²) in [5.74, 6) is 0.648. The van der Waals surface area contributed by atoms with Crippen molar-refractivity contribution in [3.8, 4) is 5.75 Å². The number of ether oxygens (including phenoxy) is 1. The lowest BCUT2D eigenvalue weighted by molar-refractivity contribution is -0.133. The molecule has 0 N–H and O–H groups in total. The summed E-state index contributed by atoms with van der Waals surface area (Å²) in [7, 11) is 5.06. The van der Waals surface area contributed by atoms with E-state index in [1.807, 2.05) is 24.3 Å². The van der Waals surface area contributed by atoms with Crippen LogP contribution in [0.15, 0.2) is 24.3 Å². The van der Waals surface area contributed by atoms with Gasteiger partial charge in [-0.25, -0.2) is 0 Å². The van der Waals surface area contributed by atoms with Gasteiger partial charge in [-0.2, -0.15) is 0 Å². The highest BCUT2D eigenvalue weighted by atomic mass is 16.5. The molecule has 0 aliphatic carbocycles. The standard InChI is InChI=1S/C15H20N2O3/c1-16(2)15(19)12-8-14(18)17(10-12)9-11-4-6-13(20-3)7-5-11/h4-7,12H,8-10H2,1-3H3/t12-/m1/s1. The largest absolute Gasteiger partial charge is 0.497 e. The Morgan fingerprint density at radius 1 is 1.35 bits per heavy atom. The van der Waals surface area contributed by atoms with E-state index in [9.17, 15) is 9.59 Å². The zero-order valence-electron chi connectivity index (χ0n) is 12.1. The summed E-state index contributed by atoms with van der Waals surface area (Å²) >= 11 is 0. The highest BCUT2D eigenvalue weighted by molar-refractivity contribution is 5.89. The number of nitrogens with zero attached hydrogens (tertiary/aromatic N) is 2. The fourth-order valence-corrected chi connectivity index (χ4v) is 2.41. The van der Waals surface area contributed by atoms with Crippen molar-refractivity contribution in [2.24, 2.45) is 5.92 Å². The normalized spacial score (nSPS) is 18.2. The van der Waals surface area contributed by atoms with Crippen molar-refractivity contribution in [2.75, 3.05) is 27.7 Å². The van der Waals surface area contributed by atoms with Gasteiger partial charge in [-0.1, -0.05) is 12.1 Å². The Kier molecular flexibility index (Phi) is 4.27. The van der Waals surface area contributed by atoms with Crippen molar-refractivity contribution in [1.82, 2.24) is 9.80 Å². The van der Waals surface area contributed by atoms with Crippen molar-refractivity contribution in [3.05, 3.63) is 29.8 Å². The van der Waals surface area contributed by atoms with Crippen LogP contribution in [-0.2, 0) is 16.1 Å². The summed E-state index contributed by atoms with van der Waals surface area (Å²) in [4.78, 5) is 27.2. The number of carbonyl (C=O) groups excluding carboxylic acids is 2. The first kappa shape index (κ1) is 14.4. The maximum atomic E-state index is 12.0. The summed E-state index contributed by atoms with van der Waals surface area (Å²) in [6.45, 7) is 1.04. The van der Waals surface area contributed by atoms with Gasteiger partial charge in [-0.15, -0.1) is 0 Å². The second-order valence-corrected chi connectivity index (χ2v) is 5.26. The molecule has 0 unspecified atom stereocenters. The number of carbonyl (C=O) groups is 2. The number of amides is 2. The van der Waals surface area contributed by atoms with Crippen LogP contribution in [0.2, 0.25) is 0 Å². The molecule has 0 saturated carbocycles. The van der Waals surface area contributed by atoms with Crippen molar-refractivity contribution >= 4 is 11.8 Å². The Bertz CT molecular complexity index is 496. The monoisotopic (exact) mass is 276 g/mol. The minimum Gasteiger partial charge on any atom is -0.497 e. The van der Waals surface area contributed by atoms with Crippen LogP contribution in [0.3, 0.4) is 0 Å². The van der Waals surface area contributed by atoms with Gasteiger partial charge in [0.15, 0.2) is 0 Å². The molecular formula is C15H20N2O3. The van der Waals surface area contributed by atoms with E-state index in [1.165, 1.54) is 0 Å². The van der Waals surface area contributed by atoms with E-state index in [-0.39, 0.29) is 17.7 Å². The molecule has 20 heavy (non-hydrogen) atoms. The van der Waals surface area contributed by atoms with Crippen LogP contribution in [0.25, 0.3) is 0 Å². The summed E-state index contributed by atoms with van der Waals surface area (Å²) in [5, 5.41) is 0. The van der Waals surface area contributed by atoms with Crippen LogP contribution in [0.5, 0.6) is 5.75 Å². The van der Waals surface area contributed by atoms with Gasteiger partial charge in [0.1, 0.15) is 5.75 Å². The fourth-order valence-electron chi connectivity index (χ4n) is 2.41. The van der Waals surface area contributed by atoms with Gasteiger partial charge >= 0.3 is 0 Å². The Morgan fingerprint density at radius 2 is 2.00 bits per heavy atom. The van der Waals surface area contributed by atoms with E-state index >= 15 is 0 Å². The lowest BCUT2D eigenvalue weighted by Gasteiger charge is -2.18. The average molecular weight is 276 g/mol. The van der Waals surface area contributed by atoms with Crippen LogP contribution in [0.1, 0.15) is 12.0 Å². The van der Waals surface area contributed by atoms with E-state index in [1.54, 1.807) is 31.0 Å². The molecule has 0 spiro atoms. The SMILES string of the molecule is COc1ccc(CN2C[C@H](C(=O)N(C)C)CC2=O)cc1. The lowest BCUT2D eigenvalue weighted by atomic mass is 10.1. The van der Waals surface area contributed by atoms with E-state index in [0.717, 1.165) is 11.3 Å². The maximum absolute atomic E-state index is 12.0. The molecule has 2 amide bonds. The van der Waals surface area contributed by atoms with E-state index in [4.69, 9.17) is 4.74 Å². The molecule has 5 heteroatoms. The quantitative estimate of drug-likeness (QED) is 0.828. The lowest BCUT2D eigenvalue weighted by Crippen LogP contribution is -2.31. The molecule has 5 nitrogen and oxygen atoms in total. The first-order valence-electron chi connectivity index (χ1n) is 6.63. The Balaban J connectivity index is 1.99. The van der Waals surface area contributed by atoms with E-state index in [2.05, 4.69) is 0 Å². The van der Waals surface area contributed by atoms with Crippen molar-refractivity contribution in [1.29, 1.82) is 0 Å². The molecule has 1 fully saturated rings. The molecule has 1 aliphatic heterocycles. The molecule has 1 aliphatic rings. The first-order chi connectivity index (χ1) is 9.51. The zero-order chi connectivity index (χ0) is 14.7. The third-order valence-electron chi connectivity index (χ3n) is 3.54. The molecule has 0 radical (unpaired) electrons. The van der Waals surface area contributed by atoms with E-state index in [0.29, 0.717) is 19.5 Å². The number of benzene rings is 1. The molecular weight excluding hydrogens is 256 g/mol. The van der Waals surface area contributed by atoms with Gasteiger partial charge in [0.2, 0.25) is 11.8 Å². The van der Waals surface area contributed by atoms with Crippen molar-refractivity contribution in [3.63, 3.8) is 0 Å². The predicted molar refractivity (Wildman–Crippen MR) is 75.2 cm³/mol. The van der Waals surface area contributed by atoms with E-state index < -0.39 is 0 Å². The molecule has 0 aromatic heterocycles. The molecule has 1 atom stereocenters. The zero-order valence-corrected chi connectivity index (χ0v) is 12.1. The number of likely N-dealkylation sites (tertiary alicyclic amines) is 1. The number of rotatable bonds is 4. The maximum Gasteiger partial charge on any atom is 0.227 e. The van der Waals surface area contributed by atoms with Gasteiger partial charge in [0.05, 0.1) is 13.0 Å². The third-order valence-corrected chi connectivity index (χ3v) is 3.54. The number of hydrogen-bond donors (Lipinski definition) is 0. The van der Waals surface area contributed by atoms with Crippen LogP contribution in [0.4, 0.5) is 0 Å². The van der Waals surface area contributed by atoms with Crippen molar-refractivity contribution in [2.45, 2.75) is 13.0 Å². The Hall–Kier alpha value is -2.04. The van der Waals surface area contributed by atoms with Crippen LogP contribution < -0.4 is 4.74 Å². The fraction of sp³-hybridized carbons (Fsp3) is 0.467. The number of methoxy groups -OCH3 is 1. The van der Waals surface area contributed by atoms with Gasteiger partial charge in [0, 0.05) is 33.6 Å². The van der Waals surface area contributed by atoms with Gasteiger partial charge < -0.3 is 14.5 Å². The minimum absolute atomic E-state index is 0.0237. The van der Waals surface area contributed by atoms with Crippen LogP contribution >= 0.6 is 0 Å². The Morgan fingerprint density at radius 3 is 2.55 bits per heavy atom. The highest BCUT2D eigenvalue weighted by Crippen LogP contribution is 2.22. The highest BCUT2D eigenvalue weighted by Gasteiger charge is 2.34. The molecule has 1 heterocycles.